The molecule has 0 radical (unpaired) electrons. The van der Waals surface area contributed by atoms with E-state index in [1.165, 1.54) is 0 Å². The SMILES string of the molecule is Cc1cnn(CCNC[C@@H](O)Cn2cccn2)c1. The highest BCUT2D eigenvalue weighted by Crippen LogP contribution is 1.93. The zero-order valence-electron chi connectivity index (χ0n) is 10.5. The summed E-state index contributed by atoms with van der Waals surface area (Å²) in [4.78, 5) is 0. The molecule has 0 aromatic carbocycles. The fourth-order valence-electron chi connectivity index (χ4n) is 1.74. The highest BCUT2D eigenvalue weighted by Gasteiger charge is 2.04. The van der Waals surface area contributed by atoms with E-state index in [1.807, 2.05) is 36.3 Å². The van der Waals surface area contributed by atoms with Gasteiger partial charge in [-0.25, -0.2) is 0 Å². The van der Waals surface area contributed by atoms with Crippen LogP contribution in [0, 0.1) is 6.92 Å². The van der Waals surface area contributed by atoms with Crippen LogP contribution in [0.15, 0.2) is 30.9 Å². The van der Waals surface area contributed by atoms with Gasteiger partial charge in [0.25, 0.3) is 0 Å². The highest BCUT2D eigenvalue weighted by atomic mass is 16.3. The molecule has 0 aliphatic carbocycles. The van der Waals surface area contributed by atoms with Gasteiger partial charge in [-0.2, -0.15) is 10.2 Å². The minimum Gasteiger partial charge on any atom is -0.390 e. The summed E-state index contributed by atoms with van der Waals surface area (Å²) in [6.45, 7) is 4.69. The van der Waals surface area contributed by atoms with Crippen LogP contribution < -0.4 is 5.32 Å². The van der Waals surface area contributed by atoms with Crippen molar-refractivity contribution in [3.8, 4) is 0 Å². The third-order valence-electron chi connectivity index (χ3n) is 2.62. The predicted molar refractivity (Wildman–Crippen MR) is 68.1 cm³/mol. The maximum Gasteiger partial charge on any atom is 0.0860 e. The number of aliphatic hydroxyl groups is 1. The van der Waals surface area contributed by atoms with E-state index < -0.39 is 6.10 Å². The van der Waals surface area contributed by atoms with Crippen molar-refractivity contribution < 1.29 is 5.11 Å². The molecule has 2 aromatic heterocycles. The number of rotatable bonds is 7. The molecule has 0 bridgehead atoms. The number of nitrogens with one attached hydrogen (secondary N) is 1. The second-order valence-electron chi connectivity index (χ2n) is 4.37. The van der Waals surface area contributed by atoms with Crippen molar-refractivity contribution >= 4 is 0 Å². The first-order chi connectivity index (χ1) is 8.74. The van der Waals surface area contributed by atoms with Gasteiger partial charge in [0, 0.05) is 31.7 Å². The van der Waals surface area contributed by atoms with Gasteiger partial charge in [0.1, 0.15) is 0 Å². The van der Waals surface area contributed by atoms with E-state index in [4.69, 9.17) is 0 Å². The van der Waals surface area contributed by atoms with E-state index in [2.05, 4.69) is 15.5 Å². The molecule has 6 nitrogen and oxygen atoms in total. The quantitative estimate of drug-likeness (QED) is 0.680. The molecule has 1 atom stereocenters. The van der Waals surface area contributed by atoms with E-state index >= 15 is 0 Å². The van der Waals surface area contributed by atoms with E-state index in [9.17, 15) is 5.11 Å². The summed E-state index contributed by atoms with van der Waals surface area (Å²) in [6.07, 6.45) is 6.97. The van der Waals surface area contributed by atoms with Gasteiger partial charge in [-0.1, -0.05) is 0 Å². The first kappa shape index (κ1) is 12.8. The Morgan fingerprint density at radius 1 is 1.39 bits per heavy atom. The van der Waals surface area contributed by atoms with Gasteiger partial charge in [-0.05, 0) is 18.6 Å². The lowest BCUT2D eigenvalue weighted by atomic mass is 10.3. The monoisotopic (exact) mass is 249 g/mol. The largest absolute Gasteiger partial charge is 0.390 e. The summed E-state index contributed by atoms with van der Waals surface area (Å²) in [6, 6.07) is 1.85. The van der Waals surface area contributed by atoms with Gasteiger partial charge in [-0.15, -0.1) is 0 Å². The lowest BCUT2D eigenvalue weighted by molar-refractivity contribution is 0.146. The van der Waals surface area contributed by atoms with Crippen molar-refractivity contribution in [1.29, 1.82) is 0 Å². The molecule has 0 fully saturated rings. The first-order valence-electron chi connectivity index (χ1n) is 6.09. The van der Waals surface area contributed by atoms with Crippen LogP contribution in [0.3, 0.4) is 0 Å². The van der Waals surface area contributed by atoms with E-state index in [0.29, 0.717) is 13.1 Å². The zero-order chi connectivity index (χ0) is 12.8. The predicted octanol–water partition coefficient (Wildman–Crippen LogP) is 0.0387. The Labute approximate surface area is 106 Å². The number of hydrogen-bond acceptors (Lipinski definition) is 4. The third kappa shape index (κ3) is 3.97. The van der Waals surface area contributed by atoms with Crippen molar-refractivity contribution in [2.24, 2.45) is 0 Å². The van der Waals surface area contributed by atoms with Crippen LogP contribution in [0.25, 0.3) is 0 Å². The lowest BCUT2D eigenvalue weighted by Gasteiger charge is -2.11. The molecule has 6 heteroatoms. The van der Waals surface area contributed by atoms with Crippen molar-refractivity contribution in [2.45, 2.75) is 26.1 Å². The smallest absolute Gasteiger partial charge is 0.0860 e. The van der Waals surface area contributed by atoms with Crippen molar-refractivity contribution in [1.82, 2.24) is 24.9 Å². The van der Waals surface area contributed by atoms with E-state index in [0.717, 1.165) is 18.7 Å². The summed E-state index contributed by atoms with van der Waals surface area (Å²) in [5, 5.41) is 21.2. The molecular formula is C12H19N5O. The van der Waals surface area contributed by atoms with Crippen LogP contribution in [-0.2, 0) is 13.1 Å². The van der Waals surface area contributed by atoms with Crippen LogP contribution in [0.1, 0.15) is 5.56 Å². The van der Waals surface area contributed by atoms with Gasteiger partial charge in [0.15, 0.2) is 0 Å². The Hall–Kier alpha value is -1.66. The Morgan fingerprint density at radius 3 is 2.94 bits per heavy atom. The molecule has 0 saturated carbocycles. The standard InChI is InChI=1S/C12H19N5O/c1-11-7-15-17(9-11)6-4-13-8-12(18)10-16-5-2-3-14-16/h2-3,5,7,9,12-13,18H,4,6,8,10H2,1H3/t12-/m1/s1. The minimum atomic E-state index is -0.427. The van der Waals surface area contributed by atoms with Crippen LogP contribution in [-0.4, -0.2) is 43.9 Å². The molecule has 2 aromatic rings. The number of aliphatic hydroxyl groups excluding tert-OH is 1. The van der Waals surface area contributed by atoms with Gasteiger partial charge < -0.3 is 10.4 Å². The topological polar surface area (TPSA) is 67.9 Å². The summed E-state index contributed by atoms with van der Waals surface area (Å²) >= 11 is 0. The second-order valence-corrected chi connectivity index (χ2v) is 4.37. The number of aromatic nitrogens is 4. The Morgan fingerprint density at radius 2 is 2.28 bits per heavy atom. The fraction of sp³-hybridized carbons (Fsp3) is 0.500. The number of hydrogen-bond donors (Lipinski definition) is 2. The van der Waals surface area contributed by atoms with Crippen molar-refractivity contribution in [3.63, 3.8) is 0 Å². The van der Waals surface area contributed by atoms with Crippen LogP contribution in [0.2, 0.25) is 0 Å². The highest BCUT2D eigenvalue weighted by molar-refractivity contribution is 4.99. The molecular weight excluding hydrogens is 230 g/mol. The summed E-state index contributed by atoms with van der Waals surface area (Å²) in [5.41, 5.74) is 1.16. The van der Waals surface area contributed by atoms with Crippen molar-refractivity contribution in [2.75, 3.05) is 13.1 Å². The van der Waals surface area contributed by atoms with Crippen LogP contribution >= 0.6 is 0 Å². The number of nitrogens with zero attached hydrogens (tertiary/aromatic N) is 4. The van der Waals surface area contributed by atoms with Gasteiger partial charge in [-0.3, -0.25) is 9.36 Å². The van der Waals surface area contributed by atoms with Crippen molar-refractivity contribution in [3.05, 3.63) is 36.4 Å². The van der Waals surface area contributed by atoms with E-state index in [1.54, 1.807) is 10.9 Å². The molecule has 2 rings (SSSR count). The summed E-state index contributed by atoms with van der Waals surface area (Å²) in [5.74, 6) is 0. The van der Waals surface area contributed by atoms with Gasteiger partial charge >= 0.3 is 0 Å². The number of aryl methyl sites for hydroxylation is 1. The summed E-state index contributed by atoms with van der Waals surface area (Å²) < 4.78 is 3.62. The normalized spacial score (nSPS) is 12.8. The second kappa shape index (κ2) is 6.32. The van der Waals surface area contributed by atoms with Gasteiger partial charge in [0.05, 0.1) is 25.4 Å². The molecule has 98 valence electrons. The average molecular weight is 249 g/mol. The van der Waals surface area contributed by atoms with E-state index in [-0.39, 0.29) is 0 Å². The molecule has 2 heterocycles. The Bertz CT molecular complexity index is 451. The molecule has 18 heavy (non-hydrogen) atoms. The maximum atomic E-state index is 9.78. The molecule has 0 unspecified atom stereocenters. The molecule has 2 N–H and O–H groups in total. The summed E-state index contributed by atoms with van der Waals surface area (Å²) in [7, 11) is 0. The molecule has 0 amide bonds. The molecule has 0 saturated heterocycles. The van der Waals surface area contributed by atoms with Crippen LogP contribution in [0.5, 0.6) is 0 Å². The zero-order valence-corrected chi connectivity index (χ0v) is 10.5. The molecule has 0 aliphatic rings. The fourth-order valence-corrected chi connectivity index (χ4v) is 1.74. The van der Waals surface area contributed by atoms with Gasteiger partial charge in [0.2, 0.25) is 0 Å². The molecule has 0 spiro atoms. The van der Waals surface area contributed by atoms with Crippen LogP contribution in [0.4, 0.5) is 0 Å². The first-order valence-corrected chi connectivity index (χ1v) is 6.09. The minimum absolute atomic E-state index is 0.427. The lowest BCUT2D eigenvalue weighted by Crippen LogP contribution is -2.32. The average Bonchev–Trinajstić information content (AvgIpc) is 2.96. The maximum absolute atomic E-state index is 9.78. The third-order valence-corrected chi connectivity index (χ3v) is 2.62. The molecule has 0 aliphatic heterocycles. The Kier molecular flexibility index (Phi) is 4.49. The Balaban J connectivity index is 1.60.